The molecule has 3 aromatic carbocycles. The number of benzene rings is 3. The van der Waals surface area contributed by atoms with Crippen LogP contribution in [0, 0.1) is 12.7 Å². The monoisotopic (exact) mass is 507 g/mol. The molecule has 36 heavy (non-hydrogen) atoms. The van der Waals surface area contributed by atoms with Crippen molar-refractivity contribution in [1.29, 1.82) is 0 Å². The smallest absolute Gasteiger partial charge is 0.254 e. The van der Waals surface area contributed by atoms with E-state index in [9.17, 15) is 9.18 Å². The summed E-state index contributed by atoms with van der Waals surface area (Å²) in [5.74, 6) is 1.03. The number of carbonyl (C=O) groups is 1. The number of nitrogens with one attached hydrogen (secondary N) is 1. The van der Waals surface area contributed by atoms with Crippen LogP contribution in [0.4, 0.5) is 4.39 Å². The molecular formula is C29H31ClFN3O2. The number of para-hydroxylation sites is 2. The second-order valence-electron chi connectivity index (χ2n) is 8.83. The maximum Gasteiger partial charge on any atom is 0.254 e. The van der Waals surface area contributed by atoms with Crippen LogP contribution in [0.5, 0.6) is 5.75 Å². The Balaban J connectivity index is 1.25. The number of unbranched alkanes of at least 4 members (excludes halogenated alkanes) is 2. The number of imidazole rings is 1. The fourth-order valence-corrected chi connectivity index (χ4v) is 4.33. The minimum absolute atomic E-state index is 0.0846. The van der Waals surface area contributed by atoms with Crippen LogP contribution in [-0.2, 0) is 13.0 Å². The number of nitrogens with zero attached hydrogens (tertiary/aromatic N) is 2. The molecule has 1 aromatic heterocycles. The zero-order valence-electron chi connectivity index (χ0n) is 20.5. The maximum atomic E-state index is 13.7. The fraction of sp³-hybridized carbons (Fsp3) is 0.310. The topological polar surface area (TPSA) is 56.1 Å². The summed E-state index contributed by atoms with van der Waals surface area (Å²) in [5, 5.41) is 3.54. The van der Waals surface area contributed by atoms with E-state index in [-0.39, 0.29) is 11.5 Å². The predicted octanol–water partition coefficient (Wildman–Crippen LogP) is 6.75. The summed E-state index contributed by atoms with van der Waals surface area (Å²) >= 11 is 6.10. The molecule has 5 nitrogen and oxygen atoms in total. The van der Waals surface area contributed by atoms with Gasteiger partial charge in [-0.2, -0.15) is 0 Å². The van der Waals surface area contributed by atoms with Crippen molar-refractivity contribution in [2.75, 3.05) is 13.2 Å². The van der Waals surface area contributed by atoms with E-state index < -0.39 is 5.82 Å². The number of aryl methyl sites for hydroxylation is 3. The largest absolute Gasteiger partial charge is 0.494 e. The van der Waals surface area contributed by atoms with E-state index >= 15 is 0 Å². The van der Waals surface area contributed by atoms with Crippen LogP contribution in [0.1, 0.15) is 47.4 Å². The molecule has 0 atom stereocenters. The molecule has 188 valence electrons. The van der Waals surface area contributed by atoms with Gasteiger partial charge in [0.05, 0.1) is 23.2 Å². The Bertz CT molecular complexity index is 1320. The van der Waals surface area contributed by atoms with Crippen LogP contribution in [-0.4, -0.2) is 28.6 Å². The molecule has 0 unspecified atom stereocenters. The molecule has 0 aliphatic rings. The van der Waals surface area contributed by atoms with Crippen molar-refractivity contribution in [3.8, 4) is 5.75 Å². The molecule has 0 saturated heterocycles. The number of halogens is 2. The molecule has 0 fully saturated rings. The molecule has 0 radical (unpaired) electrons. The summed E-state index contributed by atoms with van der Waals surface area (Å²) in [6, 6.07) is 19.9. The molecule has 0 saturated carbocycles. The lowest BCUT2D eigenvalue weighted by atomic mass is 10.1. The third-order valence-corrected chi connectivity index (χ3v) is 6.56. The Morgan fingerprint density at radius 2 is 1.83 bits per heavy atom. The Hall–Kier alpha value is -3.38. The average molecular weight is 508 g/mol. The van der Waals surface area contributed by atoms with Crippen LogP contribution in [0.3, 0.4) is 0 Å². The third kappa shape index (κ3) is 6.64. The van der Waals surface area contributed by atoms with Gasteiger partial charge in [-0.25, -0.2) is 9.37 Å². The van der Waals surface area contributed by atoms with Crippen molar-refractivity contribution in [3.63, 3.8) is 0 Å². The van der Waals surface area contributed by atoms with Gasteiger partial charge in [0.25, 0.3) is 5.91 Å². The summed E-state index contributed by atoms with van der Waals surface area (Å²) in [6.45, 7) is 3.91. The zero-order valence-corrected chi connectivity index (χ0v) is 21.2. The first-order valence-corrected chi connectivity index (χ1v) is 12.8. The van der Waals surface area contributed by atoms with Gasteiger partial charge in [0, 0.05) is 24.5 Å². The van der Waals surface area contributed by atoms with E-state index in [2.05, 4.69) is 16.0 Å². The first kappa shape index (κ1) is 25.7. The van der Waals surface area contributed by atoms with Gasteiger partial charge in [-0.1, -0.05) is 42.3 Å². The van der Waals surface area contributed by atoms with Gasteiger partial charge < -0.3 is 14.6 Å². The first-order chi connectivity index (χ1) is 17.5. The second-order valence-corrected chi connectivity index (χ2v) is 9.23. The molecule has 4 rings (SSSR count). The minimum atomic E-state index is -0.498. The molecule has 7 heteroatoms. The van der Waals surface area contributed by atoms with E-state index in [4.69, 9.17) is 21.3 Å². The molecule has 1 heterocycles. The van der Waals surface area contributed by atoms with Crippen LogP contribution < -0.4 is 10.1 Å². The summed E-state index contributed by atoms with van der Waals surface area (Å²) < 4.78 is 21.9. The van der Waals surface area contributed by atoms with E-state index in [1.807, 2.05) is 43.3 Å². The van der Waals surface area contributed by atoms with E-state index in [0.29, 0.717) is 13.2 Å². The number of fused-ring (bicyclic) bond motifs is 1. The van der Waals surface area contributed by atoms with Crippen LogP contribution in [0.15, 0.2) is 66.7 Å². The standard InChI is InChI=1S/C29H31ClFN3O2/c1-21-20-22(15-16-24(21)30)36-19-9-18-34-27-13-7-6-12-26(27)33-28(34)14-3-2-8-17-32-29(35)23-10-4-5-11-25(23)31/h4-7,10-13,15-16,20H,2-3,8-9,14,17-19H2,1H3,(H,32,35). The quantitative estimate of drug-likeness (QED) is 0.216. The normalized spacial score (nSPS) is 11.1. The van der Waals surface area contributed by atoms with Crippen LogP contribution >= 0.6 is 11.6 Å². The number of ether oxygens (including phenoxy) is 1. The van der Waals surface area contributed by atoms with Crippen molar-refractivity contribution in [1.82, 2.24) is 14.9 Å². The van der Waals surface area contributed by atoms with Gasteiger partial charge in [0.1, 0.15) is 17.4 Å². The molecule has 1 amide bonds. The van der Waals surface area contributed by atoms with E-state index in [1.54, 1.807) is 12.1 Å². The van der Waals surface area contributed by atoms with Gasteiger partial charge in [0.15, 0.2) is 0 Å². The summed E-state index contributed by atoms with van der Waals surface area (Å²) in [6.07, 6.45) is 4.44. The maximum absolute atomic E-state index is 13.7. The number of carbonyl (C=O) groups excluding carboxylic acids is 1. The van der Waals surface area contributed by atoms with Crippen LogP contribution in [0.25, 0.3) is 11.0 Å². The average Bonchev–Trinajstić information content (AvgIpc) is 3.23. The van der Waals surface area contributed by atoms with Crippen molar-refractivity contribution in [3.05, 3.63) is 94.5 Å². The van der Waals surface area contributed by atoms with E-state index in [0.717, 1.165) is 71.8 Å². The predicted molar refractivity (Wildman–Crippen MR) is 142 cm³/mol. The highest BCUT2D eigenvalue weighted by atomic mass is 35.5. The lowest BCUT2D eigenvalue weighted by Gasteiger charge is -2.11. The van der Waals surface area contributed by atoms with Crippen LogP contribution in [0.2, 0.25) is 5.02 Å². The summed E-state index contributed by atoms with van der Waals surface area (Å²) in [7, 11) is 0. The van der Waals surface area contributed by atoms with Gasteiger partial charge in [-0.15, -0.1) is 0 Å². The number of aromatic nitrogens is 2. The van der Waals surface area contributed by atoms with Crippen molar-refractivity contribution in [2.45, 2.75) is 45.6 Å². The SMILES string of the molecule is Cc1cc(OCCCn2c(CCCCCNC(=O)c3ccccc3F)nc3ccccc32)ccc1Cl. The van der Waals surface area contributed by atoms with Gasteiger partial charge >= 0.3 is 0 Å². The first-order valence-electron chi connectivity index (χ1n) is 12.4. The number of amides is 1. The highest BCUT2D eigenvalue weighted by Gasteiger charge is 2.12. The van der Waals surface area contributed by atoms with E-state index in [1.165, 1.54) is 12.1 Å². The molecule has 0 bridgehead atoms. The molecule has 1 N–H and O–H groups in total. The van der Waals surface area contributed by atoms with Crippen molar-refractivity contribution < 1.29 is 13.9 Å². The fourth-order valence-electron chi connectivity index (χ4n) is 4.21. The number of hydrogen-bond acceptors (Lipinski definition) is 3. The molecule has 4 aromatic rings. The number of rotatable bonds is 12. The molecule has 0 aliphatic heterocycles. The Kier molecular flexibility index (Phi) is 8.95. The second kappa shape index (κ2) is 12.5. The van der Waals surface area contributed by atoms with Crippen molar-refractivity contribution >= 4 is 28.5 Å². The highest BCUT2D eigenvalue weighted by Crippen LogP contribution is 2.22. The molecular weight excluding hydrogens is 477 g/mol. The number of hydrogen-bond donors (Lipinski definition) is 1. The Morgan fingerprint density at radius 1 is 1.03 bits per heavy atom. The molecule has 0 aliphatic carbocycles. The lowest BCUT2D eigenvalue weighted by Crippen LogP contribution is -2.25. The van der Waals surface area contributed by atoms with Crippen molar-refractivity contribution in [2.24, 2.45) is 0 Å². The summed E-state index contributed by atoms with van der Waals surface area (Å²) in [4.78, 5) is 17.0. The Labute approximate surface area is 216 Å². The zero-order chi connectivity index (χ0) is 25.3. The Morgan fingerprint density at radius 3 is 2.67 bits per heavy atom. The minimum Gasteiger partial charge on any atom is -0.494 e. The highest BCUT2D eigenvalue weighted by molar-refractivity contribution is 6.31. The molecule has 0 spiro atoms. The van der Waals surface area contributed by atoms with Gasteiger partial charge in [-0.3, -0.25) is 4.79 Å². The third-order valence-electron chi connectivity index (χ3n) is 6.14. The lowest BCUT2D eigenvalue weighted by molar-refractivity contribution is 0.0949. The van der Waals surface area contributed by atoms with Gasteiger partial charge in [-0.05, 0) is 74.2 Å². The summed E-state index contributed by atoms with van der Waals surface area (Å²) in [5.41, 5.74) is 3.22. The van der Waals surface area contributed by atoms with Gasteiger partial charge in [0.2, 0.25) is 0 Å².